The molecule has 2 rings (SSSR count). The number of nitrogens with zero attached hydrogens (tertiary/aromatic N) is 3. The maximum atomic E-state index is 12.4. The predicted molar refractivity (Wildman–Crippen MR) is 70.3 cm³/mol. The second-order valence-electron chi connectivity index (χ2n) is 4.50. The van der Waals surface area contributed by atoms with Gasteiger partial charge in [0.2, 0.25) is 0 Å². The van der Waals surface area contributed by atoms with Crippen LogP contribution in [0.1, 0.15) is 21.7 Å². The van der Waals surface area contributed by atoms with Crippen molar-refractivity contribution in [2.24, 2.45) is 0 Å². The smallest absolute Gasteiger partial charge is 0.325 e. The molecule has 106 valence electrons. The highest BCUT2D eigenvalue weighted by atomic mass is 16.5. The van der Waals surface area contributed by atoms with Crippen molar-refractivity contribution in [3.63, 3.8) is 0 Å². The minimum Gasteiger partial charge on any atom is -0.468 e. The Morgan fingerprint density at radius 3 is 2.75 bits per heavy atom. The van der Waals surface area contributed by atoms with Crippen LogP contribution in [0.3, 0.4) is 0 Å². The number of fused-ring (bicyclic) bond motifs is 1. The van der Waals surface area contributed by atoms with E-state index in [1.54, 1.807) is 19.9 Å². The second-order valence-corrected chi connectivity index (χ2v) is 4.50. The zero-order valence-corrected chi connectivity index (χ0v) is 11.8. The number of rotatable bonds is 3. The number of carbonyl (C=O) groups is 2. The molecule has 20 heavy (non-hydrogen) atoms. The van der Waals surface area contributed by atoms with E-state index in [9.17, 15) is 9.59 Å². The number of amides is 1. The van der Waals surface area contributed by atoms with Crippen molar-refractivity contribution < 1.29 is 18.8 Å². The Morgan fingerprint density at radius 1 is 1.40 bits per heavy atom. The van der Waals surface area contributed by atoms with E-state index in [1.165, 1.54) is 19.1 Å². The van der Waals surface area contributed by atoms with E-state index >= 15 is 0 Å². The van der Waals surface area contributed by atoms with Gasteiger partial charge in [-0.15, -0.1) is 0 Å². The maximum absolute atomic E-state index is 12.4. The summed E-state index contributed by atoms with van der Waals surface area (Å²) in [6.45, 7) is 3.37. The van der Waals surface area contributed by atoms with E-state index in [1.807, 2.05) is 0 Å². The molecule has 0 aliphatic rings. The zero-order valence-electron chi connectivity index (χ0n) is 11.8. The van der Waals surface area contributed by atoms with Gasteiger partial charge in [-0.1, -0.05) is 5.16 Å². The third-order valence-electron chi connectivity index (χ3n) is 2.92. The Kier molecular flexibility index (Phi) is 3.69. The molecule has 0 atom stereocenters. The van der Waals surface area contributed by atoms with Gasteiger partial charge < -0.3 is 14.2 Å². The van der Waals surface area contributed by atoms with E-state index in [0.717, 1.165) is 0 Å². The van der Waals surface area contributed by atoms with Crippen molar-refractivity contribution in [3.05, 3.63) is 23.0 Å². The first-order valence-electron chi connectivity index (χ1n) is 6.00. The lowest BCUT2D eigenvalue weighted by atomic mass is 10.1. The van der Waals surface area contributed by atoms with Gasteiger partial charge in [-0.05, 0) is 19.9 Å². The molecule has 2 heterocycles. The van der Waals surface area contributed by atoms with Crippen molar-refractivity contribution in [3.8, 4) is 0 Å². The second kappa shape index (κ2) is 5.28. The van der Waals surface area contributed by atoms with Gasteiger partial charge in [0, 0.05) is 12.7 Å². The molecule has 2 aromatic heterocycles. The highest BCUT2D eigenvalue weighted by molar-refractivity contribution is 6.06. The van der Waals surface area contributed by atoms with Crippen molar-refractivity contribution >= 4 is 23.0 Å². The number of hydrogen-bond acceptors (Lipinski definition) is 6. The molecule has 7 heteroatoms. The average Bonchev–Trinajstić information content (AvgIpc) is 2.78. The Morgan fingerprint density at radius 2 is 2.10 bits per heavy atom. The fourth-order valence-corrected chi connectivity index (χ4v) is 1.92. The molecular formula is C13H15N3O4. The van der Waals surface area contributed by atoms with Gasteiger partial charge >= 0.3 is 5.97 Å². The van der Waals surface area contributed by atoms with Crippen LogP contribution in [0.5, 0.6) is 0 Å². The summed E-state index contributed by atoms with van der Waals surface area (Å²) < 4.78 is 9.63. The fraction of sp³-hybridized carbons (Fsp3) is 0.385. The van der Waals surface area contributed by atoms with Crippen LogP contribution in [0.15, 0.2) is 10.6 Å². The molecule has 0 unspecified atom stereocenters. The highest BCUT2D eigenvalue weighted by Gasteiger charge is 2.21. The number of hydrogen-bond donors (Lipinski definition) is 0. The van der Waals surface area contributed by atoms with Gasteiger partial charge in [0.25, 0.3) is 11.6 Å². The van der Waals surface area contributed by atoms with Crippen LogP contribution >= 0.6 is 0 Å². The van der Waals surface area contributed by atoms with Crippen molar-refractivity contribution in [2.45, 2.75) is 13.8 Å². The molecular weight excluding hydrogens is 262 g/mol. The summed E-state index contributed by atoms with van der Waals surface area (Å²) >= 11 is 0. The molecule has 1 amide bonds. The lowest BCUT2D eigenvalue weighted by Crippen LogP contribution is -2.32. The van der Waals surface area contributed by atoms with Crippen LogP contribution in [0.4, 0.5) is 0 Å². The quantitative estimate of drug-likeness (QED) is 0.780. The standard InChI is InChI=1S/C13H15N3O4/c1-7-5-9(11-8(2)15-20-12(11)14-7)13(18)16(3)6-10(17)19-4/h5H,6H2,1-4H3. The first-order chi connectivity index (χ1) is 9.43. The van der Waals surface area contributed by atoms with E-state index in [0.29, 0.717) is 28.1 Å². The summed E-state index contributed by atoms with van der Waals surface area (Å²) in [5, 5.41) is 4.38. The molecule has 2 aromatic rings. The summed E-state index contributed by atoms with van der Waals surface area (Å²) in [7, 11) is 2.81. The van der Waals surface area contributed by atoms with E-state index in [-0.39, 0.29) is 12.5 Å². The SMILES string of the molecule is COC(=O)CN(C)C(=O)c1cc(C)nc2onc(C)c12. The minimum absolute atomic E-state index is 0.122. The van der Waals surface area contributed by atoms with Gasteiger partial charge in [0.1, 0.15) is 6.54 Å². The van der Waals surface area contributed by atoms with Crippen LogP contribution in [-0.2, 0) is 9.53 Å². The first kappa shape index (κ1) is 14.0. The number of likely N-dealkylation sites (N-methyl/N-ethyl adjacent to an activating group) is 1. The largest absolute Gasteiger partial charge is 0.468 e. The molecule has 0 radical (unpaired) electrons. The summed E-state index contributed by atoms with van der Waals surface area (Å²) in [5.41, 5.74) is 1.96. The molecule has 0 spiro atoms. The van der Waals surface area contributed by atoms with Crippen molar-refractivity contribution in [2.75, 3.05) is 20.7 Å². The highest BCUT2D eigenvalue weighted by Crippen LogP contribution is 2.22. The Labute approximate surface area is 115 Å². The van der Waals surface area contributed by atoms with Gasteiger partial charge in [-0.25, -0.2) is 4.98 Å². The molecule has 0 saturated heterocycles. The zero-order chi connectivity index (χ0) is 14.9. The summed E-state index contributed by atoms with van der Waals surface area (Å²) in [6.07, 6.45) is 0. The molecule has 0 bridgehead atoms. The molecule has 0 N–H and O–H groups in total. The third-order valence-corrected chi connectivity index (χ3v) is 2.92. The van der Waals surface area contributed by atoms with Gasteiger partial charge in [-0.2, -0.15) is 0 Å². The molecule has 0 aliphatic heterocycles. The van der Waals surface area contributed by atoms with Crippen LogP contribution < -0.4 is 0 Å². The Hall–Kier alpha value is -2.44. The summed E-state index contributed by atoms with van der Waals surface area (Å²) in [6, 6.07) is 1.66. The Balaban J connectivity index is 2.43. The van der Waals surface area contributed by atoms with Gasteiger partial charge in [0.05, 0.1) is 23.8 Å². The molecule has 0 saturated carbocycles. The van der Waals surface area contributed by atoms with E-state index < -0.39 is 5.97 Å². The van der Waals surface area contributed by atoms with Crippen LogP contribution in [0.25, 0.3) is 11.1 Å². The average molecular weight is 277 g/mol. The normalized spacial score (nSPS) is 10.6. The number of aromatic nitrogens is 2. The lowest BCUT2D eigenvalue weighted by molar-refractivity contribution is -0.141. The third kappa shape index (κ3) is 2.47. The number of esters is 1. The first-order valence-corrected chi connectivity index (χ1v) is 6.00. The number of carbonyl (C=O) groups excluding carboxylic acids is 2. The van der Waals surface area contributed by atoms with Crippen LogP contribution in [0.2, 0.25) is 0 Å². The van der Waals surface area contributed by atoms with Crippen LogP contribution in [-0.4, -0.2) is 47.6 Å². The summed E-state index contributed by atoms with van der Waals surface area (Å²) in [5.74, 6) is -0.790. The fourth-order valence-electron chi connectivity index (χ4n) is 1.92. The van der Waals surface area contributed by atoms with Crippen LogP contribution in [0, 0.1) is 13.8 Å². The Bertz CT molecular complexity index is 678. The summed E-state index contributed by atoms with van der Waals surface area (Å²) in [4.78, 5) is 29.1. The molecule has 0 fully saturated rings. The number of ether oxygens (including phenoxy) is 1. The molecule has 0 aliphatic carbocycles. The number of aryl methyl sites for hydroxylation is 2. The number of methoxy groups -OCH3 is 1. The number of pyridine rings is 1. The minimum atomic E-state index is -0.482. The topological polar surface area (TPSA) is 85.5 Å². The van der Waals surface area contributed by atoms with E-state index in [2.05, 4.69) is 14.9 Å². The van der Waals surface area contributed by atoms with Gasteiger partial charge in [-0.3, -0.25) is 9.59 Å². The van der Waals surface area contributed by atoms with Crippen molar-refractivity contribution in [1.82, 2.24) is 15.0 Å². The molecule has 7 nitrogen and oxygen atoms in total. The molecule has 0 aromatic carbocycles. The monoisotopic (exact) mass is 277 g/mol. The maximum Gasteiger partial charge on any atom is 0.325 e. The van der Waals surface area contributed by atoms with E-state index in [4.69, 9.17) is 4.52 Å². The van der Waals surface area contributed by atoms with Gasteiger partial charge in [0.15, 0.2) is 0 Å². The predicted octanol–water partition coefficient (Wildman–Crippen LogP) is 1.08. The lowest BCUT2D eigenvalue weighted by Gasteiger charge is -2.16. The van der Waals surface area contributed by atoms with Crippen molar-refractivity contribution in [1.29, 1.82) is 0 Å².